The molecule has 1 aliphatic rings. The van der Waals surface area contributed by atoms with Crippen LogP contribution >= 0.6 is 0 Å². The van der Waals surface area contributed by atoms with Gasteiger partial charge in [0.2, 0.25) is 5.60 Å². The van der Waals surface area contributed by atoms with Crippen molar-refractivity contribution in [3.05, 3.63) is 30.0 Å². The number of nitrogens with zero attached hydrogens (tertiary/aromatic N) is 3. The van der Waals surface area contributed by atoms with E-state index in [1.54, 1.807) is 20.8 Å². The van der Waals surface area contributed by atoms with E-state index in [0.717, 1.165) is 18.2 Å². The molecular formula is C22H28F3N3O6S. The fourth-order valence-corrected chi connectivity index (χ4v) is 5.03. The first-order chi connectivity index (χ1) is 16.2. The Hall–Kier alpha value is -2.96. The van der Waals surface area contributed by atoms with E-state index in [9.17, 15) is 26.4 Å². The van der Waals surface area contributed by atoms with Gasteiger partial charge >= 0.3 is 12.1 Å². The van der Waals surface area contributed by atoms with E-state index in [1.165, 1.54) is 29.1 Å². The Bertz CT molecular complexity index is 1190. The van der Waals surface area contributed by atoms with Crippen LogP contribution in [0.15, 0.2) is 29.3 Å². The number of esters is 1. The molecule has 0 amide bonds. The van der Waals surface area contributed by atoms with E-state index in [0.29, 0.717) is 6.54 Å². The van der Waals surface area contributed by atoms with Crippen molar-refractivity contribution in [3.8, 4) is 11.6 Å². The summed E-state index contributed by atoms with van der Waals surface area (Å²) >= 11 is 0. The SMILES string of the molecule is CCOc1nn(CC)cc1S(=O)(=O)N1C[C@H](C)Oc2ccc(CC(=O)OC(C)(C)C(F)(F)F)cc21. The number of halogens is 3. The molecule has 1 aliphatic heterocycles. The molecule has 1 atom stereocenters. The summed E-state index contributed by atoms with van der Waals surface area (Å²) < 4.78 is 85.0. The number of aryl methyl sites for hydroxylation is 1. The standard InChI is InChI=1S/C22H28F3N3O6S/c1-6-27-13-18(20(26-27)32-7-2)35(30,31)28-12-14(3)33-17-9-8-15(10-16(17)28)11-19(29)34-21(4,5)22(23,24)25/h8-10,13-14H,6-7,11-12H2,1-5H3/t14-/m0/s1. The predicted octanol–water partition coefficient (Wildman–Crippen LogP) is 3.70. The molecule has 0 unspecified atom stereocenters. The summed E-state index contributed by atoms with van der Waals surface area (Å²) in [6.07, 6.45) is -4.35. The number of ether oxygens (including phenoxy) is 3. The molecule has 0 saturated heterocycles. The molecule has 0 radical (unpaired) electrons. The molecule has 0 bridgehead atoms. The van der Waals surface area contributed by atoms with E-state index in [2.05, 4.69) is 9.84 Å². The molecule has 0 saturated carbocycles. The van der Waals surface area contributed by atoms with Gasteiger partial charge in [-0.25, -0.2) is 8.42 Å². The van der Waals surface area contributed by atoms with Gasteiger partial charge in [0.05, 0.1) is 25.3 Å². The number of hydrogen-bond donors (Lipinski definition) is 0. The highest BCUT2D eigenvalue weighted by molar-refractivity contribution is 7.93. The number of anilines is 1. The zero-order valence-electron chi connectivity index (χ0n) is 20.0. The van der Waals surface area contributed by atoms with Crippen molar-refractivity contribution in [2.24, 2.45) is 0 Å². The smallest absolute Gasteiger partial charge is 0.427 e. The van der Waals surface area contributed by atoms with Crippen molar-refractivity contribution in [1.29, 1.82) is 0 Å². The highest BCUT2D eigenvalue weighted by atomic mass is 32.2. The van der Waals surface area contributed by atoms with Gasteiger partial charge in [-0.05, 0) is 52.3 Å². The van der Waals surface area contributed by atoms with Crippen molar-refractivity contribution in [1.82, 2.24) is 9.78 Å². The molecule has 0 N–H and O–H groups in total. The van der Waals surface area contributed by atoms with Gasteiger partial charge in [-0.15, -0.1) is 5.10 Å². The van der Waals surface area contributed by atoms with Gasteiger partial charge in [0, 0.05) is 12.7 Å². The van der Waals surface area contributed by atoms with Crippen LogP contribution in [0.3, 0.4) is 0 Å². The van der Waals surface area contributed by atoms with Crippen molar-refractivity contribution in [2.45, 2.75) is 70.4 Å². The van der Waals surface area contributed by atoms with Crippen LogP contribution in [0, 0.1) is 0 Å². The first-order valence-corrected chi connectivity index (χ1v) is 12.4. The monoisotopic (exact) mass is 519 g/mol. The number of rotatable bonds is 8. The maximum atomic E-state index is 13.7. The third-order valence-corrected chi connectivity index (χ3v) is 7.07. The number of sulfonamides is 1. The average Bonchev–Trinajstić information content (AvgIpc) is 3.16. The van der Waals surface area contributed by atoms with Crippen molar-refractivity contribution < 1.29 is 40.6 Å². The van der Waals surface area contributed by atoms with Gasteiger partial charge in [-0.3, -0.25) is 13.8 Å². The highest BCUT2D eigenvalue weighted by Gasteiger charge is 2.50. The molecule has 0 fully saturated rings. The summed E-state index contributed by atoms with van der Waals surface area (Å²) in [6, 6.07) is 4.35. The second-order valence-corrected chi connectivity index (χ2v) is 10.3. The molecule has 35 heavy (non-hydrogen) atoms. The van der Waals surface area contributed by atoms with Crippen LogP contribution in [0.4, 0.5) is 18.9 Å². The van der Waals surface area contributed by atoms with E-state index in [1.807, 2.05) is 0 Å². The summed E-state index contributed by atoms with van der Waals surface area (Å²) in [5.74, 6) is -0.889. The van der Waals surface area contributed by atoms with Crippen LogP contribution in [0.5, 0.6) is 11.6 Å². The van der Waals surface area contributed by atoms with E-state index < -0.39 is 40.3 Å². The molecule has 1 aromatic heterocycles. The fourth-order valence-electron chi connectivity index (χ4n) is 3.41. The molecule has 0 aliphatic carbocycles. The Labute approximate surface area is 201 Å². The number of carbonyl (C=O) groups is 1. The van der Waals surface area contributed by atoms with E-state index in [4.69, 9.17) is 9.47 Å². The van der Waals surface area contributed by atoms with Crippen molar-refractivity contribution in [2.75, 3.05) is 17.5 Å². The van der Waals surface area contributed by atoms with Crippen LogP contribution in [0.25, 0.3) is 0 Å². The van der Waals surface area contributed by atoms with E-state index >= 15 is 0 Å². The highest BCUT2D eigenvalue weighted by Crippen LogP contribution is 2.39. The van der Waals surface area contributed by atoms with Crippen LogP contribution in [-0.2, 0) is 32.5 Å². The van der Waals surface area contributed by atoms with Gasteiger partial charge in [-0.1, -0.05) is 6.07 Å². The van der Waals surface area contributed by atoms with Gasteiger partial charge in [0.25, 0.3) is 15.9 Å². The Morgan fingerprint density at radius 3 is 2.54 bits per heavy atom. The van der Waals surface area contributed by atoms with E-state index in [-0.39, 0.29) is 40.9 Å². The predicted molar refractivity (Wildman–Crippen MR) is 120 cm³/mol. The molecule has 194 valence electrons. The largest absolute Gasteiger partial charge is 0.487 e. The lowest BCUT2D eigenvalue weighted by Crippen LogP contribution is -2.43. The lowest BCUT2D eigenvalue weighted by molar-refractivity contribution is -0.257. The number of benzene rings is 1. The van der Waals surface area contributed by atoms with Crippen molar-refractivity contribution in [3.63, 3.8) is 0 Å². The summed E-state index contributed by atoms with van der Waals surface area (Å²) in [5, 5.41) is 4.17. The first-order valence-electron chi connectivity index (χ1n) is 11.0. The Kier molecular flexibility index (Phi) is 7.30. The van der Waals surface area contributed by atoms with Crippen LogP contribution in [-0.4, -0.2) is 55.2 Å². The minimum Gasteiger partial charge on any atom is -0.487 e. The molecule has 1 aromatic carbocycles. The first kappa shape index (κ1) is 26.6. The maximum Gasteiger partial charge on any atom is 0.427 e. The number of alkyl halides is 3. The fraction of sp³-hybridized carbons (Fsp3) is 0.545. The number of carbonyl (C=O) groups excluding carboxylic acids is 1. The second-order valence-electron chi connectivity index (χ2n) is 8.51. The molecule has 2 heterocycles. The lowest BCUT2D eigenvalue weighted by Gasteiger charge is -2.34. The average molecular weight is 520 g/mol. The third kappa shape index (κ3) is 5.49. The summed E-state index contributed by atoms with van der Waals surface area (Å²) in [5.41, 5.74) is -2.25. The summed E-state index contributed by atoms with van der Waals surface area (Å²) in [4.78, 5) is 12.1. The second kappa shape index (κ2) is 9.59. The molecule has 13 heteroatoms. The van der Waals surface area contributed by atoms with Gasteiger partial charge < -0.3 is 14.2 Å². The molecule has 0 spiro atoms. The Morgan fingerprint density at radius 2 is 1.94 bits per heavy atom. The maximum absolute atomic E-state index is 13.7. The zero-order valence-corrected chi connectivity index (χ0v) is 20.9. The third-order valence-electron chi connectivity index (χ3n) is 5.31. The van der Waals surface area contributed by atoms with Gasteiger partial charge in [-0.2, -0.15) is 13.2 Å². The minimum atomic E-state index is -4.74. The van der Waals surface area contributed by atoms with Gasteiger partial charge in [0.1, 0.15) is 11.9 Å². The number of fused-ring (bicyclic) bond motifs is 1. The number of hydrogen-bond acceptors (Lipinski definition) is 7. The summed E-state index contributed by atoms with van der Waals surface area (Å²) in [7, 11) is -4.16. The molecule has 2 aromatic rings. The minimum absolute atomic E-state index is 0.0345. The Morgan fingerprint density at radius 1 is 1.26 bits per heavy atom. The normalized spacial score (nSPS) is 16.5. The lowest BCUT2D eigenvalue weighted by atomic mass is 10.1. The topological polar surface area (TPSA) is 100.0 Å². The van der Waals surface area contributed by atoms with Crippen LogP contribution in [0.1, 0.15) is 40.2 Å². The molecule has 9 nitrogen and oxygen atoms in total. The number of aromatic nitrogens is 2. The molecular weight excluding hydrogens is 491 g/mol. The summed E-state index contributed by atoms with van der Waals surface area (Å²) in [6.45, 7) is 7.32. The van der Waals surface area contributed by atoms with Crippen molar-refractivity contribution >= 4 is 21.7 Å². The molecule has 3 rings (SSSR count). The van der Waals surface area contributed by atoms with Crippen LogP contribution < -0.4 is 13.8 Å². The Balaban J connectivity index is 1.96. The van der Waals surface area contributed by atoms with Gasteiger partial charge in [0.15, 0.2) is 4.90 Å². The zero-order chi connectivity index (χ0) is 26.2. The van der Waals surface area contributed by atoms with Crippen LogP contribution in [0.2, 0.25) is 0 Å². The quantitative estimate of drug-likeness (QED) is 0.490.